The number of hydrogen-bond acceptors (Lipinski definition) is 6. The second kappa shape index (κ2) is 19.0. The Morgan fingerprint density at radius 1 is 0.549 bits per heavy atom. The molecule has 2 aromatic rings. The molecule has 2 heterocycles. The first-order valence-electron chi connectivity index (χ1n) is 26.0. The summed E-state index contributed by atoms with van der Waals surface area (Å²) in [6, 6.07) is 8.19. The van der Waals surface area contributed by atoms with Crippen molar-refractivity contribution in [2.45, 2.75) is 234 Å². The number of phenolic OH excluding ortho intramolecular Hbond substituents is 2. The van der Waals surface area contributed by atoms with Crippen molar-refractivity contribution in [2.75, 3.05) is 0 Å². The van der Waals surface area contributed by atoms with Gasteiger partial charge in [0.05, 0.1) is 0 Å². The molecule has 0 saturated carbocycles. The lowest BCUT2D eigenvalue weighted by Crippen LogP contribution is -2.72. The van der Waals surface area contributed by atoms with Crippen molar-refractivity contribution in [1.82, 2.24) is 9.80 Å². The highest BCUT2D eigenvalue weighted by Gasteiger charge is 2.70. The maximum absolute atomic E-state index is 14.9. The molecule has 10 heteroatoms. The summed E-state index contributed by atoms with van der Waals surface area (Å²) in [4.78, 5) is 61.5. The van der Waals surface area contributed by atoms with Crippen molar-refractivity contribution >= 4 is 23.8 Å². The molecule has 2 amide bonds. The molecule has 4 rings (SSSR count). The number of carbonyl (C=O) groups is 4. The Labute approximate surface area is 428 Å². The quantitative estimate of drug-likeness (QED) is 0.114. The van der Waals surface area contributed by atoms with Gasteiger partial charge >= 0.3 is 11.9 Å². The van der Waals surface area contributed by atoms with E-state index in [-0.39, 0.29) is 61.8 Å². The minimum atomic E-state index is -1.97. The zero-order valence-corrected chi connectivity index (χ0v) is 47.9. The highest BCUT2D eigenvalue weighted by molar-refractivity contribution is 5.94. The molecule has 0 aromatic heterocycles. The molecule has 0 aliphatic carbocycles. The maximum atomic E-state index is 14.9. The van der Waals surface area contributed by atoms with Gasteiger partial charge in [-0.05, 0) is 185 Å². The van der Waals surface area contributed by atoms with E-state index in [1.165, 1.54) is 12.2 Å². The number of carbonyl (C=O) groups excluding carboxylic acids is 2. The van der Waals surface area contributed by atoms with Gasteiger partial charge in [-0.25, -0.2) is 0 Å². The third-order valence-corrected chi connectivity index (χ3v) is 16.8. The Morgan fingerprint density at radius 2 is 0.789 bits per heavy atom. The molecule has 2 aliphatic heterocycles. The van der Waals surface area contributed by atoms with E-state index in [1.807, 2.05) is 89.5 Å². The molecule has 0 radical (unpaired) electrons. The Hall–Kier alpha value is -4.60. The Balaban J connectivity index is 2.50. The van der Waals surface area contributed by atoms with E-state index in [2.05, 4.69) is 103 Å². The number of amides is 2. The van der Waals surface area contributed by atoms with E-state index in [1.54, 1.807) is 0 Å². The monoisotopic (exact) mass is 983 g/mol. The fourth-order valence-corrected chi connectivity index (χ4v) is 14.7. The van der Waals surface area contributed by atoms with Crippen molar-refractivity contribution in [3.63, 3.8) is 0 Å². The van der Waals surface area contributed by atoms with Crippen LogP contribution in [-0.4, -0.2) is 76.1 Å². The van der Waals surface area contributed by atoms with Crippen molar-refractivity contribution in [1.29, 1.82) is 0 Å². The van der Waals surface area contributed by atoms with Crippen molar-refractivity contribution in [2.24, 2.45) is 28.6 Å². The highest BCUT2D eigenvalue weighted by atomic mass is 16.4. The lowest BCUT2D eigenvalue weighted by molar-refractivity contribution is -0.218. The molecule has 2 aromatic carbocycles. The van der Waals surface area contributed by atoms with Gasteiger partial charge in [-0.2, -0.15) is 0 Å². The van der Waals surface area contributed by atoms with E-state index in [0.29, 0.717) is 6.42 Å². The number of phenols is 2. The maximum Gasteiger partial charge on any atom is 0.318 e. The first-order chi connectivity index (χ1) is 31.8. The largest absolute Gasteiger partial charge is 0.507 e. The first kappa shape index (κ1) is 59.0. The standard InChI is InChI=1S/C61H94N2O8/c1-24-45(64)62-56(16,17)33-39(34-57(62,18)19)61(47(50(68)69)51(70)71,40-35-58(20,21)63(46(65)25-2)59(22,23)36-40)60(26-3,31-37-27-41(52(4,5)6)48(66)42(28-37)53(7,8)9)32-38-29-43(54(10,11)12)49(67)44(30-38)55(13,14)15/h24-25,27-30,39-40,47,66-67H,1-2,26,31-36H2,3-23H3,(H,68,69)(H,70,71). The van der Waals surface area contributed by atoms with Crippen LogP contribution in [0.4, 0.5) is 0 Å². The normalized spacial score (nSPS) is 19.1. The van der Waals surface area contributed by atoms with E-state index in [0.717, 1.165) is 33.4 Å². The van der Waals surface area contributed by atoms with Gasteiger partial charge in [-0.3, -0.25) is 19.2 Å². The number of piperidine rings is 2. The summed E-state index contributed by atoms with van der Waals surface area (Å²) in [5, 5.41) is 48.5. The van der Waals surface area contributed by atoms with Crippen LogP contribution in [0.25, 0.3) is 0 Å². The van der Waals surface area contributed by atoms with E-state index in [4.69, 9.17) is 0 Å². The lowest BCUT2D eigenvalue weighted by atomic mass is 9.38. The van der Waals surface area contributed by atoms with E-state index >= 15 is 0 Å². The third-order valence-electron chi connectivity index (χ3n) is 16.8. The molecular weight excluding hydrogens is 889 g/mol. The lowest BCUT2D eigenvalue weighted by Gasteiger charge is -2.69. The van der Waals surface area contributed by atoms with Gasteiger partial charge in [0, 0.05) is 27.6 Å². The molecule has 2 aliphatic rings. The summed E-state index contributed by atoms with van der Waals surface area (Å²) in [6.45, 7) is 50.5. The fourth-order valence-electron chi connectivity index (χ4n) is 14.7. The molecule has 0 bridgehead atoms. The first-order valence-corrected chi connectivity index (χ1v) is 26.0. The summed E-state index contributed by atoms with van der Waals surface area (Å²) in [7, 11) is 0. The second-order valence-corrected chi connectivity index (χ2v) is 28.3. The number of likely N-dealkylation sites (tertiary alicyclic amines) is 2. The number of carboxylic acid groups (broad SMARTS) is 2. The minimum Gasteiger partial charge on any atom is -0.507 e. The number of nitrogens with zero attached hydrogens (tertiary/aromatic N) is 2. The number of benzene rings is 2. The average Bonchev–Trinajstić information content (AvgIpc) is 3.16. The predicted molar refractivity (Wildman–Crippen MR) is 288 cm³/mol. The van der Waals surface area contributed by atoms with Gasteiger partial charge in [0.2, 0.25) is 11.8 Å². The van der Waals surface area contributed by atoms with Crippen LogP contribution in [0.3, 0.4) is 0 Å². The Morgan fingerprint density at radius 3 is 0.972 bits per heavy atom. The number of aromatic hydroxyl groups is 2. The van der Waals surface area contributed by atoms with Gasteiger partial charge in [0.1, 0.15) is 11.5 Å². The van der Waals surface area contributed by atoms with Crippen LogP contribution < -0.4 is 0 Å². The van der Waals surface area contributed by atoms with Crippen molar-refractivity contribution < 1.29 is 39.6 Å². The molecular formula is C61H94N2O8. The summed E-state index contributed by atoms with van der Waals surface area (Å²) in [6.07, 6.45) is 4.50. The molecule has 4 N–H and O–H groups in total. The fraction of sp³-hybridized carbons (Fsp3) is 0.672. The molecule has 10 nitrogen and oxygen atoms in total. The van der Waals surface area contributed by atoms with Crippen molar-refractivity contribution in [3.05, 3.63) is 83.0 Å². The van der Waals surface area contributed by atoms with Crippen molar-refractivity contribution in [3.8, 4) is 11.5 Å². The molecule has 0 atom stereocenters. The van der Waals surface area contributed by atoms with Gasteiger partial charge in [0.25, 0.3) is 0 Å². The molecule has 2 fully saturated rings. The number of hydrogen-bond donors (Lipinski definition) is 4. The van der Waals surface area contributed by atoms with Crippen LogP contribution in [0.1, 0.15) is 211 Å². The molecule has 396 valence electrons. The zero-order chi connectivity index (χ0) is 55.0. The summed E-state index contributed by atoms with van der Waals surface area (Å²) < 4.78 is 0. The van der Waals surface area contributed by atoms with Crippen LogP contribution in [0.2, 0.25) is 0 Å². The zero-order valence-electron chi connectivity index (χ0n) is 47.9. The average molecular weight is 983 g/mol. The van der Waals surface area contributed by atoms with Crippen LogP contribution in [0, 0.1) is 28.6 Å². The number of rotatable bonds is 13. The SMILES string of the molecule is C=CC(=O)N1C(C)(C)CC(C(C2CC(C)(C)N(C(=O)C=C)C(C)(C)C2)(C(C(=O)O)C(=O)O)C(CC)(Cc2cc(C(C)(C)C)c(O)c(C(C)(C)C)c2)Cc2cc(C(C)(C)C)c(O)c(C(C)(C)C)c2)CC1(C)C. The van der Waals surface area contributed by atoms with Gasteiger partial charge in [0.15, 0.2) is 5.92 Å². The number of aliphatic carboxylic acids is 2. The Bertz CT molecular complexity index is 2140. The topological polar surface area (TPSA) is 156 Å². The molecule has 2 saturated heterocycles. The molecule has 71 heavy (non-hydrogen) atoms. The second-order valence-electron chi connectivity index (χ2n) is 28.3. The van der Waals surface area contributed by atoms with Gasteiger partial charge in [-0.15, -0.1) is 0 Å². The van der Waals surface area contributed by atoms with Crippen LogP contribution >= 0.6 is 0 Å². The van der Waals surface area contributed by atoms with E-state index in [9.17, 15) is 39.6 Å². The van der Waals surface area contributed by atoms with Crippen LogP contribution in [0.15, 0.2) is 49.6 Å². The molecule has 0 spiro atoms. The predicted octanol–water partition coefficient (Wildman–Crippen LogP) is 13.2. The van der Waals surface area contributed by atoms with Gasteiger partial charge < -0.3 is 30.2 Å². The Kier molecular flexibility index (Phi) is 15.8. The molecule has 0 unspecified atom stereocenters. The van der Waals surface area contributed by atoms with Crippen LogP contribution in [0.5, 0.6) is 11.5 Å². The summed E-state index contributed by atoms with van der Waals surface area (Å²) >= 11 is 0. The summed E-state index contributed by atoms with van der Waals surface area (Å²) in [5.74, 6) is -6.26. The van der Waals surface area contributed by atoms with Crippen LogP contribution in [-0.2, 0) is 53.7 Å². The highest BCUT2D eigenvalue weighted by Crippen LogP contribution is 2.69. The van der Waals surface area contributed by atoms with Gasteiger partial charge in [-0.1, -0.05) is 127 Å². The minimum absolute atomic E-state index is 0.199. The number of carboxylic acids is 2. The third kappa shape index (κ3) is 10.9. The van der Waals surface area contributed by atoms with E-state index < -0.39 is 84.3 Å². The smallest absolute Gasteiger partial charge is 0.318 e. The summed E-state index contributed by atoms with van der Waals surface area (Å²) in [5.41, 5.74) is -3.96.